The van der Waals surface area contributed by atoms with Crippen LogP contribution in [0.25, 0.3) is 0 Å². The van der Waals surface area contributed by atoms with Gasteiger partial charge in [0.15, 0.2) is 0 Å². The van der Waals surface area contributed by atoms with Crippen molar-refractivity contribution in [1.82, 2.24) is 9.78 Å². The van der Waals surface area contributed by atoms with Crippen molar-refractivity contribution < 1.29 is 5.11 Å². The highest BCUT2D eigenvalue weighted by atomic mass is 16.3. The summed E-state index contributed by atoms with van der Waals surface area (Å²) in [5.74, 6) is 0. The minimum absolute atomic E-state index is 0.399. The van der Waals surface area contributed by atoms with Crippen molar-refractivity contribution in [3.05, 3.63) is 53.9 Å². The first-order chi connectivity index (χ1) is 7.25. The molecule has 1 atom stereocenters. The van der Waals surface area contributed by atoms with Gasteiger partial charge < -0.3 is 5.11 Å². The lowest BCUT2D eigenvalue weighted by Crippen LogP contribution is -2.00. The molecule has 2 aromatic rings. The number of rotatable bonds is 3. The molecule has 15 heavy (non-hydrogen) atoms. The molecule has 3 heteroatoms. The van der Waals surface area contributed by atoms with Crippen LogP contribution in [-0.4, -0.2) is 14.9 Å². The second-order valence-electron chi connectivity index (χ2n) is 3.62. The minimum atomic E-state index is -0.399. The average molecular weight is 202 g/mol. The Morgan fingerprint density at radius 1 is 1.33 bits per heavy atom. The fourth-order valence-corrected chi connectivity index (χ4v) is 1.48. The molecule has 0 radical (unpaired) electrons. The van der Waals surface area contributed by atoms with E-state index in [9.17, 15) is 5.11 Å². The molecule has 0 saturated heterocycles. The average Bonchev–Trinajstić information content (AvgIpc) is 2.71. The summed E-state index contributed by atoms with van der Waals surface area (Å²) in [6, 6.07) is 9.84. The zero-order valence-electron chi connectivity index (χ0n) is 8.67. The minimum Gasteiger partial charge on any atom is -0.389 e. The van der Waals surface area contributed by atoms with E-state index in [-0.39, 0.29) is 0 Å². The lowest BCUT2D eigenvalue weighted by molar-refractivity contribution is 0.199. The normalized spacial score (nSPS) is 12.7. The van der Waals surface area contributed by atoms with Gasteiger partial charge in [0, 0.05) is 12.4 Å². The van der Waals surface area contributed by atoms with Gasteiger partial charge in [-0.3, -0.25) is 4.68 Å². The van der Waals surface area contributed by atoms with E-state index in [4.69, 9.17) is 0 Å². The van der Waals surface area contributed by atoms with Crippen LogP contribution in [-0.2, 0) is 6.54 Å². The zero-order chi connectivity index (χ0) is 10.7. The SMILES string of the molecule is C[C@@H](O)c1ccc(Cn2cccn2)cc1. The third kappa shape index (κ3) is 2.44. The number of aliphatic hydroxyl groups is 1. The van der Waals surface area contributed by atoms with Crippen molar-refractivity contribution in [2.75, 3.05) is 0 Å². The van der Waals surface area contributed by atoms with Gasteiger partial charge in [-0.2, -0.15) is 5.10 Å². The van der Waals surface area contributed by atoms with Crippen molar-refractivity contribution in [3.8, 4) is 0 Å². The fraction of sp³-hybridized carbons (Fsp3) is 0.250. The Bertz CT molecular complexity index is 404. The molecule has 1 aromatic carbocycles. The molecule has 0 fully saturated rings. The predicted octanol–water partition coefficient (Wildman–Crippen LogP) is 1.98. The lowest BCUT2D eigenvalue weighted by atomic mass is 10.1. The highest BCUT2D eigenvalue weighted by molar-refractivity contribution is 5.23. The third-order valence-corrected chi connectivity index (χ3v) is 2.37. The largest absolute Gasteiger partial charge is 0.389 e. The van der Waals surface area contributed by atoms with Gasteiger partial charge in [-0.1, -0.05) is 24.3 Å². The van der Waals surface area contributed by atoms with Crippen molar-refractivity contribution >= 4 is 0 Å². The molecule has 0 aliphatic heterocycles. The van der Waals surface area contributed by atoms with Gasteiger partial charge >= 0.3 is 0 Å². The Morgan fingerprint density at radius 2 is 2.07 bits per heavy atom. The van der Waals surface area contributed by atoms with Crippen LogP contribution in [0.1, 0.15) is 24.2 Å². The molecule has 2 rings (SSSR count). The molecule has 0 aliphatic rings. The summed E-state index contributed by atoms with van der Waals surface area (Å²) in [7, 11) is 0. The van der Waals surface area contributed by atoms with Gasteiger partial charge in [-0.25, -0.2) is 0 Å². The van der Waals surface area contributed by atoms with E-state index in [1.165, 1.54) is 5.56 Å². The molecule has 0 saturated carbocycles. The van der Waals surface area contributed by atoms with Crippen LogP contribution < -0.4 is 0 Å². The van der Waals surface area contributed by atoms with Crippen LogP contribution in [0, 0.1) is 0 Å². The zero-order valence-corrected chi connectivity index (χ0v) is 8.67. The maximum atomic E-state index is 9.35. The van der Waals surface area contributed by atoms with Crippen LogP contribution in [0.4, 0.5) is 0 Å². The van der Waals surface area contributed by atoms with E-state index in [2.05, 4.69) is 5.10 Å². The maximum Gasteiger partial charge on any atom is 0.0761 e. The van der Waals surface area contributed by atoms with Gasteiger partial charge in [-0.05, 0) is 24.1 Å². The van der Waals surface area contributed by atoms with Crippen LogP contribution >= 0.6 is 0 Å². The lowest BCUT2D eigenvalue weighted by Gasteiger charge is -2.06. The number of aliphatic hydroxyl groups excluding tert-OH is 1. The Kier molecular flexibility index (Phi) is 2.83. The molecule has 0 bridgehead atoms. The summed E-state index contributed by atoms with van der Waals surface area (Å²) < 4.78 is 1.87. The van der Waals surface area contributed by atoms with Gasteiger partial charge in [-0.15, -0.1) is 0 Å². The molecule has 0 spiro atoms. The first-order valence-electron chi connectivity index (χ1n) is 5.00. The second kappa shape index (κ2) is 4.28. The van der Waals surface area contributed by atoms with Crippen molar-refractivity contribution in [2.24, 2.45) is 0 Å². The van der Waals surface area contributed by atoms with Crippen LogP contribution in [0.5, 0.6) is 0 Å². The molecule has 1 N–H and O–H groups in total. The maximum absolute atomic E-state index is 9.35. The highest BCUT2D eigenvalue weighted by Crippen LogP contribution is 2.13. The second-order valence-corrected chi connectivity index (χ2v) is 3.62. The first-order valence-corrected chi connectivity index (χ1v) is 5.00. The highest BCUT2D eigenvalue weighted by Gasteiger charge is 2.00. The first kappa shape index (κ1) is 9.93. The van der Waals surface area contributed by atoms with E-state index < -0.39 is 6.10 Å². The summed E-state index contributed by atoms with van der Waals surface area (Å²) in [5, 5.41) is 13.5. The molecule has 0 unspecified atom stereocenters. The number of nitrogens with zero attached hydrogens (tertiary/aromatic N) is 2. The summed E-state index contributed by atoms with van der Waals surface area (Å²) >= 11 is 0. The van der Waals surface area contributed by atoms with Gasteiger partial charge in [0.25, 0.3) is 0 Å². The summed E-state index contributed by atoms with van der Waals surface area (Å²) in [6.45, 7) is 2.54. The van der Waals surface area contributed by atoms with Crippen molar-refractivity contribution in [3.63, 3.8) is 0 Å². The topological polar surface area (TPSA) is 38.0 Å². The van der Waals surface area contributed by atoms with E-state index >= 15 is 0 Å². The molecule has 0 amide bonds. The van der Waals surface area contributed by atoms with Crippen molar-refractivity contribution in [2.45, 2.75) is 19.6 Å². The monoisotopic (exact) mass is 202 g/mol. The molecule has 1 aromatic heterocycles. The number of hydrogen-bond donors (Lipinski definition) is 1. The summed E-state index contributed by atoms with van der Waals surface area (Å²) in [4.78, 5) is 0. The fourth-order valence-electron chi connectivity index (χ4n) is 1.48. The molecule has 1 heterocycles. The Balaban J connectivity index is 2.11. The van der Waals surface area contributed by atoms with E-state index in [0.717, 1.165) is 12.1 Å². The standard InChI is InChI=1S/C12H14N2O/c1-10(15)12-5-3-11(4-6-12)9-14-8-2-7-13-14/h2-8,10,15H,9H2,1H3/t10-/m1/s1. The number of hydrogen-bond acceptors (Lipinski definition) is 2. The predicted molar refractivity (Wildman–Crippen MR) is 58.4 cm³/mol. The quantitative estimate of drug-likeness (QED) is 0.826. The van der Waals surface area contributed by atoms with Crippen LogP contribution in [0.2, 0.25) is 0 Å². The van der Waals surface area contributed by atoms with E-state index in [1.54, 1.807) is 13.1 Å². The molecule has 78 valence electrons. The smallest absolute Gasteiger partial charge is 0.0761 e. The Morgan fingerprint density at radius 3 is 2.60 bits per heavy atom. The van der Waals surface area contributed by atoms with E-state index in [1.807, 2.05) is 41.2 Å². The molecular weight excluding hydrogens is 188 g/mol. The van der Waals surface area contributed by atoms with Gasteiger partial charge in [0.2, 0.25) is 0 Å². The third-order valence-electron chi connectivity index (χ3n) is 2.37. The Labute approximate surface area is 89.0 Å². The summed E-state index contributed by atoms with van der Waals surface area (Å²) in [6.07, 6.45) is 3.30. The van der Waals surface area contributed by atoms with Crippen molar-refractivity contribution in [1.29, 1.82) is 0 Å². The van der Waals surface area contributed by atoms with Gasteiger partial charge in [0.1, 0.15) is 0 Å². The molecule has 3 nitrogen and oxygen atoms in total. The Hall–Kier alpha value is -1.61. The van der Waals surface area contributed by atoms with Gasteiger partial charge in [0.05, 0.1) is 12.6 Å². The molecular formula is C12H14N2O. The number of aromatic nitrogens is 2. The molecule has 0 aliphatic carbocycles. The van der Waals surface area contributed by atoms with Crippen LogP contribution in [0.3, 0.4) is 0 Å². The summed E-state index contributed by atoms with van der Waals surface area (Å²) in [5.41, 5.74) is 2.13. The van der Waals surface area contributed by atoms with E-state index in [0.29, 0.717) is 0 Å². The van der Waals surface area contributed by atoms with Crippen LogP contribution in [0.15, 0.2) is 42.7 Å². The number of benzene rings is 1.